The van der Waals surface area contributed by atoms with Gasteiger partial charge in [0.25, 0.3) is 0 Å². The molecule has 16 heavy (non-hydrogen) atoms. The van der Waals surface area contributed by atoms with Crippen molar-refractivity contribution in [2.75, 3.05) is 6.54 Å². The van der Waals surface area contributed by atoms with Crippen molar-refractivity contribution < 1.29 is 0 Å². The van der Waals surface area contributed by atoms with Gasteiger partial charge in [-0.05, 0) is 31.2 Å². The van der Waals surface area contributed by atoms with Gasteiger partial charge in [0.05, 0.1) is 18.3 Å². The SMILES string of the molecule is CC1CN2N=C(c3cccnc3)C=CC2=N1. The molecule has 1 atom stereocenters. The number of nitrogens with zero attached hydrogens (tertiary/aromatic N) is 4. The predicted molar refractivity (Wildman–Crippen MR) is 63.5 cm³/mol. The van der Waals surface area contributed by atoms with E-state index < -0.39 is 0 Å². The molecule has 0 aromatic carbocycles. The van der Waals surface area contributed by atoms with Crippen LogP contribution in [0.5, 0.6) is 0 Å². The van der Waals surface area contributed by atoms with Crippen LogP contribution in [0.2, 0.25) is 0 Å². The van der Waals surface area contributed by atoms with Gasteiger partial charge in [0.15, 0.2) is 0 Å². The first kappa shape index (κ1) is 9.27. The lowest BCUT2D eigenvalue weighted by Gasteiger charge is -2.17. The molecule has 0 saturated heterocycles. The van der Waals surface area contributed by atoms with E-state index in [0.29, 0.717) is 6.04 Å². The Morgan fingerprint density at radius 2 is 2.31 bits per heavy atom. The molecule has 0 N–H and O–H groups in total. The summed E-state index contributed by atoms with van der Waals surface area (Å²) in [6.45, 7) is 2.96. The van der Waals surface area contributed by atoms with Crippen molar-refractivity contribution >= 4 is 11.5 Å². The van der Waals surface area contributed by atoms with Crippen molar-refractivity contribution in [2.45, 2.75) is 13.0 Å². The average Bonchev–Trinajstić information content (AvgIpc) is 2.69. The van der Waals surface area contributed by atoms with Gasteiger partial charge in [-0.3, -0.25) is 9.98 Å². The van der Waals surface area contributed by atoms with Gasteiger partial charge in [0.2, 0.25) is 0 Å². The standard InChI is InChI=1S/C12H12N4/c1-9-8-16-12(14-9)5-4-11(15-16)10-3-2-6-13-7-10/h2-7,9H,8H2,1H3. The van der Waals surface area contributed by atoms with E-state index in [1.807, 2.05) is 35.5 Å². The molecule has 4 heteroatoms. The van der Waals surface area contributed by atoms with Crippen LogP contribution in [0.3, 0.4) is 0 Å². The molecule has 0 fully saturated rings. The molecule has 80 valence electrons. The number of hydrazone groups is 1. The fraction of sp³-hybridized carbons (Fsp3) is 0.250. The van der Waals surface area contributed by atoms with E-state index in [4.69, 9.17) is 0 Å². The summed E-state index contributed by atoms with van der Waals surface area (Å²) in [6.07, 6.45) is 7.59. The van der Waals surface area contributed by atoms with E-state index in [-0.39, 0.29) is 0 Å². The second-order valence-electron chi connectivity index (χ2n) is 3.98. The van der Waals surface area contributed by atoms with Crippen molar-refractivity contribution in [2.24, 2.45) is 10.1 Å². The molecule has 4 nitrogen and oxygen atoms in total. The van der Waals surface area contributed by atoms with Crippen LogP contribution in [-0.2, 0) is 0 Å². The first-order chi connectivity index (χ1) is 7.83. The number of amidine groups is 1. The second-order valence-corrected chi connectivity index (χ2v) is 3.98. The number of hydrogen-bond donors (Lipinski definition) is 0. The van der Waals surface area contributed by atoms with E-state index in [1.165, 1.54) is 0 Å². The third-order valence-corrected chi connectivity index (χ3v) is 2.63. The third kappa shape index (κ3) is 1.52. The molecular weight excluding hydrogens is 200 g/mol. The molecule has 0 spiro atoms. The molecule has 0 amide bonds. The highest BCUT2D eigenvalue weighted by Gasteiger charge is 2.22. The zero-order valence-corrected chi connectivity index (χ0v) is 9.04. The summed E-state index contributed by atoms with van der Waals surface area (Å²) >= 11 is 0. The van der Waals surface area contributed by atoms with Gasteiger partial charge in [-0.25, -0.2) is 5.01 Å². The number of pyridine rings is 1. The highest BCUT2D eigenvalue weighted by atomic mass is 15.5. The monoisotopic (exact) mass is 212 g/mol. The predicted octanol–water partition coefficient (Wildman–Crippen LogP) is 1.46. The Morgan fingerprint density at radius 3 is 3.12 bits per heavy atom. The first-order valence-corrected chi connectivity index (χ1v) is 5.35. The lowest BCUT2D eigenvalue weighted by atomic mass is 10.1. The van der Waals surface area contributed by atoms with Gasteiger partial charge in [0, 0.05) is 18.0 Å². The molecule has 0 radical (unpaired) electrons. The van der Waals surface area contributed by atoms with Crippen LogP contribution in [0.4, 0.5) is 0 Å². The quantitative estimate of drug-likeness (QED) is 0.707. The minimum Gasteiger partial charge on any atom is -0.264 e. The Bertz CT molecular complexity index is 487. The zero-order chi connectivity index (χ0) is 11.0. The maximum absolute atomic E-state index is 4.56. The Labute approximate surface area is 94.0 Å². The van der Waals surface area contributed by atoms with Crippen LogP contribution in [0.1, 0.15) is 12.5 Å². The smallest absolute Gasteiger partial charge is 0.144 e. The van der Waals surface area contributed by atoms with Gasteiger partial charge >= 0.3 is 0 Å². The van der Waals surface area contributed by atoms with Crippen LogP contribution in [0, 0.1) is 0 Å². The van der Waals surface area contributed by atoms with E-state index in [9.17, 15) is 0 Å². The molecule has 0 aliphatic carbocycles. The van der Waals surface area contributed by atoms with E-state index in [0.717, 1.165) is 23.7 Å². The second kappa shape index (κ2) is 3.56. The lowest BCUT2D eigenvalue weighted by Crippen LogP contribution is -2.26. The molecule has 1 unspecified atom stereocenters. The Kier molecular flexibility index (Phi) is 2.06. The van der Waals surface area contributed by atoms with Crippen LogP contribution in [0.15, 0.2) is 46.8 Å². The fourth-order valence-corrected chi connectivity index (χ4v) is 1.88. The summed E-state index contributed by atoms with van der Waals surface area (Å²) in [6, 6.07) is 4.26. The van der Waals surface area contributed by atoms with Crippen LogP contribution >= 0.6 is 0 Å². The van der Waals surface area contributed by atoms with Gasteiger partial charge in [-0.2, -0.15) is 5.10 Å². The topological polar surface area (TPSA) is 40.9 Å². The molecule has 1 aromatic rings. The number of hydrogen-bond acceptors (Lipinski definition) is 4. The summed E-state index contributed by atoms with van der Waals surface area (Å²) in [7, 11) is 0. The number of aliphatic imine (C=N–C) groups is 1. The van der Waals surface area contributed by atoms with Crippen LogP contribution in [-0.4, -0.2) is 34.1 Å². The summed E-state index contributed by atoms with van der Waals surface area (Å²) < 4.78 is 0. The van der Waals surface area contributed by atoms with Gasteiger partial charge < -0.3 is 0 Å². The maximum atomic E-state index is 4.56. The Morgan fingerprint density at radius 1 is 1.38 bits per heavy atom. The molecule has 3 rings (SSSR count). The zero-order valence-electron chi connectivity index (χ0n) is 9.04. The van der Waals surface area contributed by atoms with Crippen molar-refractivity contribution in [1.29, 1.82) is 0 Å². The van der Waals surface area contributed by atoms with Crippen molar-refractivity contribution in [1.82, 2.24) is 9.99 Å². The van der Waals surface area contributed by atoms with Crippen LogP contribution < -0.4 is 0 Å². The minimum absolute atomic E-state index is 0.330. The van der Waals surface area contributed by atoms with E-state index >= 15 is 0 Å². The highest BCUT2D eigenvalue weighted by Crippen LogP contribution is 2.16. The number of fused-ring (bicyclic) bond motifs is 1. The molecule has 0 bridgehead atoms. The minimum atomic E-state index is 0.330. The summed E-state index contributed by atoms with van der Waals surface area (Å²) in [5.41, 5.74) is 1.98. The van der Waals surface area contributed by atoms with Crippen LogP contribution in [0.25, 0.3) is 0 Å². The number of aromatic nitrogens is 1. The lowest BCUT2D eigenvalue weighted by molar-refractivity contribution is 0.458. The first-order valence-electron chi connectivity index (χ1n) is 5.35. The molecule has 2 aliphatic heterocycles. The van der Waals surface area contributed by atoms with E-state index in [1.54, 1.807) is 6.20 Å². The largest absolute Gasteiger partial charge is 0.264 e. The normalized spacial score (nSPS) is 22.8. The van der Waals surface area contributed by atoms with Gasteiger partial charge in [-0.15, -0.1) is 0 Å². The highest BCUT2D eigenvalue weighted by molar-refractivity contribution is 6.14. The summed E-state index contributed by atoms with van der Waals surface area (Å²) in [5.74, 6) is 0.958. The molecule has 0 saturated carbocycles. The van der Waals surface area contributed by atoms with Crippen molar-refractivity contribution in [3.8, 4) is 0 Å². The Hall–Kier alpha value is -1.97. The molecule has 3 heterocycles. The van der Waals surface area contributed by atoms with Gasteiger partial charge in [0.1, 0.15) is 5.84 Å². The number of allylic oxidation sites excluding steroid dienone is 1. The maximum Gasteiger partial charge on any atom is 0.144 e. The molecule has 1 aromatic heterocycles. The average molecular weight is 212 g/mol. The number of rotatable bonds is 1. The van der Waals surface area contributed by atoms with Crippen molar-refractivity contribution in [3.63, 3.8) is 0 Å². The molecule has 2 aliphatic rings. The van der Waals surface area contributed by atoms with Crippen molar-refractivity contribution in [3.05, 3.63) is 42.2 Å². The van der Waals surface area contributed by atoms with Gasteiger partial charge in [-0.1, -0.05) is 0 Å². The fourth-order valence-electron chi connectivity index (χ4n) is 1.88. The summed E-state index contributed by atoms with van der Waals surface area (Å²) in [5, 5.41) is 6.51. The third-order valence-electron chi connectivity index (χ3n) is 2.63. The molecular formula is C12H12N4. The Balaban J connectivity index is 1.94. The van der Waals surface area contributed by atoms with E-state index in [2.05, 4.69) is 22.0 Å². The summed E-state index contributed by atoms with van der Waals surface area (Å²) in [4.78, 5) is 8.57.